The van der Waals surface area contributed by atoms with Crippen LogP contribution in [0.5, 0.6) is 0 Å². The Morgan fingerprint density at radius 3 is 2.06 bits per heavy atom. The number of carbonyl (C=O) groups is 2. The van der Waals surface area contributed by atoms with Crippen LogP contribution in [0.15, 0.2) is 0 Å². The number of carboxylic acids is 1. The molecule has 3 nitrogen and oxygen atoms in total. The fourth-order valence-electron chi connectivity index (χ4n) is 1.58. The van der Waals surface area contributed by atoms with Crippen LogP contribution in [0.4, 0.5) is 0 Å². The average Bonchev–Trinajstić information content (AvgIpc) is 2.22. The molecule has 94 valence electrons. The van der Waals surface area contributed by atoms with Gasteiger partial charge in [-0.05, 0) is 13.3 Å². The molecule has 1 unspecified atom stereocenters. The Morgan fingerprint density at radius 2 is 1.62 bits per heavy atom. The van der Waals surface area contributed by atoms with Crippen molar-refractivity contribution in [2.24, 2.45) is 0 Å². The number of hydrogen-bond donors (Lipinski definition) is 1. The minimum Gasteiger partial charge on any atom is -0.548 e. The first-order valence-electron chi connectivity index (χ1n) is 5.90. The number of rotatable bonds is 9. The Morgan fingerprint density at radius 1 is 1.12 bits per heavy atom. The van der Waals surface area contributed by atoms with Crippen LogP contribution in [0.1, 0.15) is 58.8 Å². The van der Waals surface area contributed by atoms with Gasteiger partial charge in [-0.25, -0.2) is 0 Å². The molecule has 0 aliphatic carbocycles. The van der Waals surface area contributed by atoms with E-state index in [1.807, 2.05) is 0 Å². The quantitative estimate of drug-likeness (QED) is 0.382. The predicted octanol–water partition coefficient (Wildman–Crippen LogP) is 1.74. The lowest BCUT2D eigenvalue weighted by atomic mass is 9.96. The summed E-state index contributed by atoms with van der Waals surface area (Å²) < 4.78 is -1.59. The van der Waals surface area contributed by atoms with Crippen LogP contribution in [0.25, 0.3) is 0 Å². The summed E-state index contributed by atoms with van der Waals surface area (Å²) >= 11 is 3.94. The normalized spacial score (nSPS) is 14.4. The molecule has 0 fully saturated rings. The number of thiol groups is 1. The topological polar surface area (TPSA) is 57.2 Å². The number of aliphatic carboxylic acids is 1. The monoisotopic (exact) mass is 245 g/mol. The van der Waals surface area contributed by atoms with Crippen molar-refractivity contribution in [3.8, 4) is 0 Å². The van der Waals surface area contributed by atoms with Gasteiger partial charge in [0.25, 0.3) is 0 Å². The third-order valence-corrected chi connectivity index (χ3v) is 3.53. The first-order valence-corrected chi connectivity index (χ1v) is 6.34. The summed E-state index contributed by atoms with van der Waals surface area (Å²) in [6.45, 7) is 3.39. The SMILES string of the molecule is CCCCCCCCC(S)(C(C)=O)C(=O)[O-]. The third-order valence-electron chi connectivity index (χ3n) is 2.81. The Labute approximate surface area is 103 Å². The van der Waals surface area contributed by atoms with Gasteiger partial charge in [-0.1, -0.05) is 45.4 Å². The fraction of sp³-hybridized carbons (Fsp3) is 0.833. The van der Waals surface area contributed by atoms with Crippen LogP contribution in [0, 0.1) is 0 Å². The first-order chi connectivity index (χ1) is 7.45. The first kappa shape index (κ1) is 15.5. The van der Waals surface area contributed by atoms with Crippen molar-refractivity contribution in [1.82, 2.24) is 0 Å². The maximum atomic E-state index is 11.2. The zero-order valence-electron chi connectivity index (χ0n) is 10.1. The van der Waals surface area contributed by atoms with Gasteiger partial charge in [0.05, 0.1) is 5.97 Å². The molecule has 0 radical (unpaired) electrons. The van der Waals surface area contributed by atoms with Crippen LogP contribution in [0.2, 0.25) is 0 Å². The lowest BCUT2D eigenvalue weighted by molar-refractivity contribution is -0.307. The molecule has 0 saturated carbocycles. The highest BCUT2D eigenvalue weighted by atomic mass is 32.1. The number of hydrogen-bond acceptors (Lipinski definition) is 4. The maximum absolute atomic E-state index is 11.2. The van der Waals surface area contributed by atoms with E-state index in [2.05, 4.69) is 19.6 Å². The molecule has 0 N–H and O–H groups in total. The van der Waals surface area contributed by atoms with E-state index < -0.39 is 16.5 Å². The molecule has 16 heavy (non-hydrogen) atoms. The van der Waals surface area contributed by atoms with E-state index in [-0.39, 0.29) is 6.42 Å². The molecule has 0 aromatic rings. The van der Waals surface area contributed by atoms with Crippen molar-refractivity contribution in [1.29, 1.82) is 0 Å². The third kappa shape index (κ3) is 5.01. The van der Waals surface area contributed by atoms with E-state index in [1.54, 1.807) is 0 Å². The molecule has 4 heteroatoms. The molecular formula is C12H21O3S-. The smallest absolute Gasteiger partial charge is 0.151 e. The predicted molar refractivity (Wildman–Crippen MR) is 65.4 cm³/mol. The van der Waals surface area contributed by atoms with Gasteiger partial charge in [0.15, 0.2) is 5.78 Å². The van der Waals surface area contributed by atoms with Gasteiger partial charge in [0.2, 0.25) is 0 Å². The summed E-state index contributed by atoms with van der Waals surface area (Å²) in [7, 11) is 0. The number of carbonyl (C=O) groups excluding carboxylic acids is 2. The minimum atomic E-state index is -1.59. The second kappa shape index (κ2) is 7.71. The summed E-state index contributed by atoms with van der Waals surface area (Å²) in [5.41, 5.74) is 0. The average molecular weight is 245 g/mol. The molecule has 0 rings (SSSR count). The second-order valence-electron chi connectivity index (χ2n) is 4.22. The Hall–Kier alpha value is -0.510. The molecule has 0 aromatic carbocycles. The highest BCUT2D eigenvalue weighted by Gasteiger charge is 2.31. The number of unbranched alkanes of at least 4 members (excludes halogenated alkanes) is 5. The van der Waals surface area contributed by atoms with Crippen LogP contribution in [-0.2, 0) is 9.59 Å². The number of ketones is 1. The Kier molecular flexibility index (Phi) is 7.47. The van der Waals surface area contributed by atoms with Gasteiger partial charge in [0.1, 0.15) is 4.75 Å². The van der Waals surface area contributed by atoms with Gasteiger partial charge >= 0.3 is 0 Å². The maximum Gasteiger partial charge on any atom is 0.151 e. The molecule has 0 aromatic heterocycles. The summed E-state index contributed by atoms with van der Waals surface area (Å²) in [6, 6.07) is 0. The minimum absolute atomic E-state index is 0.264. The molecule has 0 spiro atoms. The molecular weight excluding hydrogens is 224 g/mol. The van der Waals surface area contributed by atoms with E-state index in [4.69, 9.17) is 0 Å². The van der Waals surface area contributed by atoms with Crippen molar-refractivity contribution in [3.05, 3.63) is 0 Å². The van der Waals surface area contributed by atoms with Crippen LogP contribution < -0.4 is 5.11 Å². The van der Waals surface area contributed by atoms with Crippen LogP contribution in [0.3, 0.4) is 0 Å². The van der Waals surface area contributed by atoms with E-state index >= 15 is 0 Å². The molecule has 0 heterocycles. The van der Waals surface area contributed by atoms with Crippen molar-refractivity contribution in [2.75, 3.05) is 0 Å². The van der Waals surface area contributed by atoms with Gasteiger partial charge < -0.3 is 9.90 Å². The highest BCUT2D eigenvalue weighted by molar-refractivity contribution is 7.83. The standard InChI is InChI=1S/C12H22O3S/c1-3-4-5-6-7-8-9-12(16,10(2)13)11(14)15/h16H,3-9H2,1-2H3,(H,14,15)/p-1. The fourth-order valence-corrected chi connectivity index (χ4v) is 1.74. The van der Waals surface area contributed by atoms with Crippen LogP contribution in [-0.4, -0.2) is 16.5 Å². The van der Waals surface area contributed by atoms with Crippen molar-refractivity contribution >= 4 is 24.4 Å². The second-order valence-corrected chi connectivity index (χ2v) is 4.99. The summed E-state index contributed by atoms with van der Waals surface area (Å²) in [5, 5.41) is 10.8. The zero-order chi connectivity index (χ0) is 12.6. The molecule has 0 aliphatic rings. The van der Waals surface area contributed by atoms with E-state index in [0.29, 0.717) is 6.42 Å². The molecule has 0 saturated heterocycles. The lowest BCUT2D eigenvalue weighted by Crippen LogP contribution is -2.49. The Bertz CT molecular complexity index is 224. The van der Waals surface area contributed by atoms with Crippen molar-refractivity contribution in [3.63, 3.8) is 0 Å². The molecule has 0 amide bonds. The van der Waals surface area contributed by atoms with Gasteiger partial charge in [-0.2, -0.15) is 12.6 Å². The largest absolute Gasteiger partial charge is 0.548 e. The van der Waals surface area contributed by atoms with E-state index in [0.717, 1.165) is 12.8 Å². The number of carboxylic acid groups (broad SMARTS) is 1. The highest BCUT2D eigenvalue weighted by Crippen LogP contribution is 2.23. The van der Waals surface area contributed by atoms with Crippen molar-refractivity contribution < 1.29 is 14.7 Å². The lowest BCUT2D eigenvalue weighted by Gasteiger charge is -2.26. The summed E-state index contributed by atoms with van der Waals surface area (Å²) in [5.74, 6) is -1.82. The number of Topliss-reactive ketones (excluding diaryl/α,β-unsaturated/α-hetero) is 1. The zero-order valence-corrected chi connectivity index (χ0v) is 11.0. The van der Waals surface area contributed by atoms with Crippen LogP contribution >= 0.6 is 12.6 Å². The van der Waals surface area contributed by atoms with Crippen molar-refractivity contribution in [2.45, 2.75) is 63.5 Å². The van der Waals surface area contributed by atoms with Gasteiger partial charge in [-0.15, -0.1) is 0 Å². The van der Waals surface area contributed by atoms with E-state index in [1.165, 1.54) is 26.2 Å². The van der Waals surface area contributed by atoms with E-state index in [9.17, 15) is 14.7 Å². The Balaban J connectivity index is 3.88. The van der Waals surface area contributed by atoms with Gasteiger partial charge in [0, 0.05) is 0 Å². The molecule has 0 bridgehead atoms. The summed E-state index contributed by atoms with van der Waals surface area (Å²) in [4.78, 5) is 22.0. The molecule has 1 atom stereocenters. The molecule has 0 aliphatic heterocycles. The van der Waals surface area contributed by atoms with Gasteiger partial charge in [-0.3, -0.25) is 4.79 Å². The summed E-state index contributed by atoms with van der Waals surface area (Å²) in [6.07, 6.45) is 6.57.